The topological polar surface area (TPSA) is 42.3 Å². The molecule has 0 saturated carbocycles. The molecule has 0 aromatic heterocycles. The first-order valence-electron chi connectivity index (χ1n) is 7.13. The molecule has 1 saturated heterocycles. The van der Waals surface area contributed by atoms with Gasteiger partial charge in [-0.25, -0.2) is 0 Å². The highest BCUT2D eigenvalue weighted by Gasteiger charge is 2.28. The van der Waals surface area contributed by atoms with Gasteiger partial charge in [-0.1, -0.05) is 6.92 Å². The molecule has 0 amide bonds. The van der Waals surface area contributed by atoms with Crippen molar-refractivity contribution in [1.82, 2.24) is 15.1 Å². The molecule has 1 aliphatic heterocycles. The van der Waals surface area contributed by atoms with E-state index in [4.69, 9.17) is 0 Å². The molecule has 0 aliphatic carbocycles. The summed E-state index contributed by atoms with van der Waals surface area (Å²) in [6.07, 6.45) is 1.23. The molecule has 4 nitrogen and oxygen atoms in total. The van der Waals surface area contributed by atoms with Crippen LogP contribution in [-0.4, -0.2) is 60.6 Å². The van der Waals surface area contributed by atoms with E-state index in [1.807, 2.05) is 6.92 Å². The fourth-order valence-electron chi connectivity index (χ4n) is 2.68. The second-order valence-electron chi connectivity index (χ2n) is 5.86. The lowest BCUT2D eigenvalue weighted by Gasteiger charge is -2.38. The van der Waals surface area contributed by atoms with Crippen LogP contribution in [0.3, 0.4) is 0 Å². The number of rotatable bonds is 6. The Labute approximate surface area is 112 Å². The maximum absolute atomic E-state index is 9.35. The highest BCUT2D eigenvalue weighted by molar-refractivity contribution is 5.06. The van der Waals surface area contributed by atoms with Crippen LogP contribution in [-0.2, 0) is 0 Å². The van der Waals surface area contributed by atoms with Crippen LogP contribution in [0.25, 0.3) is 0 Å². The minimum Gasteiger partial charge on any atom is -0.301 e. The van der Waals surface area contributed by atoms with Gasteiger partial charge in [0.05, 0.1) is 6.07 Å². The molecule has 1 heterocycles. The Bertz CT molecular complexity index is 276. The molecule has 0 bridgehead atoms. The maximum Gasteiger partial charge on any atom is 0.116 e. The smallest absolute Gasteiger partial charge is 0.116 e. The van der Waals surface area contributed by atoms with E-state index in [9.17, 15) is 5.26 Å². The van der Waals surface area contributed by atoms with E-state index in [1.165, 1.54) is 13.0 Å². The molecule has 4 heteroatoms. The highest BCUT2D eigenvalue weighted by atomic mass is 15.3. The van der Waals surface area contributed by atoms with Gasteiger partial charge >= 0.3 is 0 Å². The van der Waals surface area contributed by atoms with Crippen LogP contribution in [0.5, 0.6) is 0 Å². The summed E-state index contributed by atoms with van der Waals surface area (Å²) in [4.78, 5) is 4.92. The molecule has 1 fully saturated rings. The van der Waals surface area contributed by atoms with Gasteiger partial charge in [0.1, 0.15) is 5.54 Å². The van der Waals surface area contributed by atoms with Gasteiger partial charge in [-0.3, -0.25) is 10.2 Å². The molecule has 1 atom stereocenters. The Morgan fingerprint density at radius 3 is 2.22 bits per heavy atom. The Morgan fingerprint density at radius 1 is 1.22 bits per heavy atom. The van der Waals surface area contributed by atoms with E-state index in [-0.39, 0.29) is 0 Å². The number of piperazine rings is 1. The molecule has 0 radical (unpaired) electrons. The summed E-state index contributed by atoms with van der Waals surface area (Å²) < 4.78 is 0. The molecule has 104 valence electrons. The second kappa shape index (κ2) is 7.08. The second-order valence-corrected chi connectivity index (χ2v) is 5.86. The van der Waals surface area contributed by atoms with Crippen molar-refractivity contribution in [3.63, 3.8) is 0 Å². The normalized spacial score (nSPS) is 21.8. The van der Waals surface area contributed by atoms with Crippen molar-refractivity contribution >= 4 is 0 Å². The number of nitrogens with zero attached hydrogens (tertiary/aromatic N) is 3. The lowest BCUT2D eigenvalue weighted by atomic mass is 10.0. The van der Waals surface area contributed by atoms with Crippen molar-refractivity contribution in [2.45, 2.75) is 45.7 Å². The molecule has 1 aliphatic rings. The van der Waals surface area contributed by atoms with Gasteiger partial charge in [0.15, 0.2) is 0 Å². The zero-order valence-corrected chi connectivity index (χ0v) is 12.4. The van der Waals surface area contributed by atoms with Crippen molar-refractivity contribution in [1.29, 1.82) is 5.26 Å². The fourth-order valence-corrected chi connectivity index (χ4v) is 2.68. The van der Waals surface area contributed by atoms with Crippen molar-refractivity contribution in [2.24, 2.45) is 0 Å². The summed E-state index contributed by atoms with van der Waals surface area (Å²) in [6, 6.07) is 2.77. The Kier molecular flexibility index (Phi) is 6.07. The van der Waals surface area contributed by atoms with E-state index in [0.29, 0.717) is 6.04 Å². The van der Waals surface area contributed by atoms with Crippen LogP contribution >= 0.6 is 0 Å². The van der Waals surface area contributed by atoms with Gasteiger partial charge in [-0.05, 0) is 33.7 Å². The van der Waals surface area contributed by atoms with Crippen molar-refractivity contribution in [3.05, 3.63) is 0 Å². The van der Waals surface area contributed by atoms with Gasteiger partial charge in [0.2, 0.25) is 0 Å². The van der Waals surface area contributed by atoms with Crippen LogP contribution in [0.2, 0.25) is 0 Å². The molecule has 1 rings (SSSR count). The first-order chi connectivity index (χ1) is 8.49. The van der Waals surface area contributed by atoms with Crippen molar-refractivity contribution in [2.75, 3.05) is 39.3 Å². The Hall–Kier alpha value is -0.630. The quantitative estimate of drug-likeness (QED) is 0.773. The monoisotopic (exact) mass is 252 g/mol. The van der Waals surface area contributed by atoms with Gasteiger partial charge in [-0.15, -0.1) is 0 Å². The Morgan fingerprint density at radius 2 is 1.78 bits per heavy atom. The number of hydrogen-bond donors (Lipinski definition) is 1. The van der Waals surface area contributed by atoms with Gasteiger partial charge < -0.3 is 4.90 Å². The van der Waals surface area contributed by atoms with Crippen LogP contribution in [0.1, 0.15) is 34.1 Å². The van der Waals surface area contributed by atoms with Crippen LogP contribution in [0, 0.1) is 11.3 Å². The third kappa shape index (κ3) is 4.93. The summed E-state index contributed by atoms with van der Waals surface area (Å²) in [7, 11) is 0. The third-order valence-corrected chi connectivity index (χ3v) is 3.40. The van der Waals surface area contributed by atoms with Crippen LogP contribution < -0.4 is 5.32 Å². The van der Waals surface area contributed by atoms with E-state index in [1.54, 1.807) is 0 Å². The van der Waals surface area contributed by atoms with E-state index in [2.05, 4.69) is 42.0 Å². The summed E-state index contributed by atoms with van der Waals surface area (Å²) in [5, 5.41) is 12.7. The summed E-state index contributed by atoms with van der Waals surface area (Å²) in [5.74, 6) is 0. The van der Waals surface area contributed by atoms with Crippen LogP contribution in [0.15, 0.2) is 0 Å². The minimum atomic E-state index is -0.429. The third-order valence-electron chi connectivity index (χ3n) is 3.40. The maximum atomic E-state index is 9.35. The predicted molar refractivity (Wildman–Crippen MR) is 75.5 cm³/mol. The fraction of sp³-hybridized carbons (Fsp3) is 0.929. The zero-order valence-electron chi connectivity index (χ0n) is 12.4. The van der Waals surface area contributed by atoms with Gasteiger partial charge in [0.25, 0.3) is 0 Å². The number of hydrogen-bond acceptors (Lipinski definition) is 4. The lowest BCUT2D eigenvalue weighted by Crippen LogP contribution is -2.56. The van der Waals surface area contributed by atoms with E-state index >= 15 is 0 Å². The molecular formula is C14H28N4. The molecular weight excluding hydrogens is 224 g/mol. The molecule has 1 unspecified atom stereocenters. The SMILES string of the molecule is CCCN1CCN(CC(C)(C#N)NC(C)C)CC1. The average molecular weight is 252 g/mol. The van der Waals surface area contributed by atoms with E-state index in [0.717, 1.165) is 32.7 Å². The van der Waals surface area contributed by atoms with Gasteiger partial charge in [-0.2, -0.15) is 5.26 Å². The minimum absolute atomic E-state index is 0.344. The molecule has 18 heavy (non-hydrogen) atoms. The molecule has 0 aromatic carbocycles. The molecule has 1 N–H and O–H groups in total. The lowest BCUT2D eigenvalue weighted by molar-refractivity contribution is 0.114. The average Bonchev–Trinajstić information content (AvgIpc) is 2.31. The largest absolute Gasteiger partial charge is 0.301 e. The first-order valence-corrected chi connectivity index (χ1v) is 7.13. The van der Waals surface area contributed by atoms with E-state index < -0.39 is 5.54 Å². The summed E-state index contributed by atoms with van der Waals surface area (Å²) in [6.45, 7) is 14.9. The molecule has 0 aromatic rings. The standard InChI is InChI=1S/C14H28N4/c1-5-6-17-7-9-18(10-8-17)12-14(4,11-15)16-13(2)3/h13,16H,5-10,12H2,1-4H3. The van der Waals surface area contributed by atoms with Gasteiger partial charge in [0, 0.05) is 38.8 Å². The predicted octanol–water partition coefficient (Wildman–Crippen LogP) is 1.29. The Balaban J connectivity index is 2.41. The highest BCUT2D eigenvalue weighted by Crippen LogP contribution is 2.10. The summed E-state index contributed by atoms with van der Waals surface area (Å²) in [5.41, 5.74) is -0.429. The van der Waals surface area contributed by atoms with Crippen molar-refractivity contribution in [3.8, 4) is 6.07 Å². The molecule has 0 spiro atoms. The van der Waals surface area contributed by atoms with Crippen LogP contribution in [0.4, 0.5) is 0 Å². The number of nitriles is 1. The first kappa shape index (κ1) is 15.4. The summed E-state index contributed by atoms with van der Waals surface area (Å²) >= 11 is 0. The number of nitrogens with one attached hydrogen (secondary N) is 1. The van der Waals surface area contributed by atoms with Crippen molar-refractivity contribution < 1.29 is 0 Å². The zero-order chi connectivity index (χ0) is 13.6.